The molecule has 6 nitrogen and oxygen atoms in total. The van der Waals surface area contributed by atoms with Gasteiger partial charge in [-0.05, 0) is 52.8 Å². The number of nitrogens with zero attached hydrogens (tertiary/aromatic N) is 3. The maximum Gasteiger partial charge on any atom is 0.145 e. The summed E-state index contributed by atoms with van der Waals surface area (Å²) < 4.78 is 0. The predicted octanol–water partition coefficient (Wildman–Crippen LogP) is 8.16. The summed E-state index contributed by atoms with van der Waals surface area (Å²) >= 11 is 4.40. The number of anilines is 2. The molecule has 0 radical (unpaired) electrons. The van der Waals surface area contributed by atoms with E-state index in [0.29, 0.717) is 45.4 Å². The van der Waals surface area contributed by atoms with Crippen LogP contribution in [-0.2, 0) is 13.0 Å². The first-order chi connectivity index (χ1) is 19.3. The van der Waals surface area contributed by atoms with Crippen LogP contribution >= 0.6 is 12.6 Å². The van der Waals surface area contributed by atoms with Gasteiger partial charge >= 0.3 is 0 Å². The van der Waals surface area contributed by atoms with Gasteiger partial charge in [0.15, 0.2) is 0 Å². The average molecular weight is 555 g/mol. The predicted molar refractivity (Wildman–Crippen MR) is 170 cm³/mol. The van der Waals surface area contributed by atoms with Crippen molar-refractivity contribution in [2.24, 2.45) is 11.3 Å². The van der Waals surface area contributed by atoms with Crippen LogP contribution < -0.4 is 11.1 Å². The van der Waals surface area contributed by atoms with Crippen molar-refractivity contribution in [3.05, 3.63) is 71.5 Å². The Morgan fingerprint density at radius 2 is 1.93 bits per heavy atom. The van der Waals surface area contributed by atoms with Crippen molar-refractivity contribution in [3.8, 4) is 17.2 Å². The standard InChI is InChI=1S/C26H28N6.C7H14S/c1-2-3-4-6-11-20-14-18(12-13-21(20)19-9-7-5-8-10-19)16-29-25-22(15-27)23-24(28)30-17-31-26(23)32-25;1-5-4-7(5,3)6(2)8/h5,7-10,12-14,17,29H,2-4,6,11,16H2,1H3,(H3,28,30,31,32);5-6,8H,4H2,1-3H3/t;5-,6+,7?/m.0/s1. The molecule has 40 heavy (non-hydrogen) atoms. The molecule has 2 aromatic carbocycles. The second-order valence-electron chi connectivity index (χ2n) is 11.3. The van der Waals surface area contributed by atoms with Gasteiger partial charge in [-0.25, -0.2) is 9.97 Å². The topological polar surface area (TPSA) is 103 Å². The third-order valence-electron chi connectivity index (χ3n) is 8.42. The highest BCUT2D eigenvalue weighted by Gasteiger charge is 2.49. The number of benzene rings is 2. The lowest BCUT2D eigenvalue weighted by molar-refractivity contribution is 0.518. The van der Waals surface area contributed by atoms with E-state index in [1.54, 1.807) is 0 Å². The lowest BCUT2D eigenvalue weighted by atomic mass is 9.94. The fraction of sp³-hybridized carbons (Fsp3) is 0.424. The third-order valence-corrected chi connectivity index (χ3v) is 9.01. The van der Waals surface area contributed by atoms with Crippen LogP contribution in [-0.4, -0.2) is 20.2 Å². The summed E-state index contributed by atoms with van der Waals surface area (Å²) in [5.74, 6) is 1.83. The maximum absolute atomic E-state index is 9.65. The van der Waals surface area contributed by atoms with Gasteiger partial charge in [0.1, 0.15) is 35.2 Å². The lowest BCUT2D eigenvalue weighted by Gasteiger charge is -2.13. The number of unbranched alkanes of at least 4 members (excludes halogenated alkanes) is 3. The fourth-order valence-corrected chi connectivity index (χ4v) is 5.63. The summed E-state index contributed by atoms with van der Waals surface area (Å²) in [6, 6.07) is 19.4. The Balaban J connectivity index is 0.000000398. The molecule has 0 spiro atoms. The molecule has 5 rings (SSSR count). The van der Waals surface area contributed by atoms with Crippen LogP contribution in [0, 0.1) is 22.7 Å². The van der Waals surface area contributed by atoms with E-state index in [1.165, 1.54) is 55.1 Å². The SMILES string of the molecule is CCCCCCc1cc(CNc2[nH]c3ncnc(N)c3c2C#N)ccc1-c1ccccc1.C[C@@H](S)C1(C)C[C@@H]1C. The number of aromatic amines is 1. The number of nitrogens with two attached hydrogens (primary N) is 1. The number of H-pyrrole nitrogens is 1. The first-order valence-corrected chi connectivity index (χ1v) is 14.9. The molecule has 2 heterocycles. The largest absolute Gasteiger partial charge is 0.383 e. The van der Waals surface area contributed by atoms with E-state index < -0.39 is 0 Å². The summed E-state index contributed by atoms with van der Waals surface area (Å²) in [6.45, 7) is 9.63. The molecule has 1 aliphatic carbocycles. The minimum atomic E-state index is 0.303. The van der Waals surface area contributed by atoms with E-state index in [-0.39, 0.29) is 0 Å². The zero-order valence-corrected chi connectivity index (χ0v) is 25.1. The molecule has 1 aliphatic rings. The number of fused-ring (bicyclic) bond motifs is 1. The normalized spacial score (nSPS) is 18.4. The minimum Gasteiger partial charge on any atom is -0.383 e. The molecule has 3 atom stereocenters. The molecule has 4 aromatic rings. The number of rotatable bonds is 10. The molecule has 4 N–H and O–H groups in total. The highest BCUT2D eigenvalue weighted by atomic mass is 32.1. The second kappa shape index (κ2) is 13.2. The summed E-state index contributed by atoms with van der Waals surface area (Å²) in [5.41, 5.74) is 12.6. The quantitative estimate of drug-likeness (QED) is 0.117. The van der Waals surface area contributed by atoms with Gasteiger partial charge in [0.2, 0.25) is 0 Å². The molecular weight excluding hydrogens is 512 g/mol. The number of aryl methyl sites for hydroxylation is 1. The Morgan fingerprint density at radius 1 is 1.18 bits per heavy atom. The van der Waals surface area contributed by atoms with E-state index in [4.69, 9.17) is 5.73 Å². The first-order valence-electron chi connectivity index (χ1n) is 14.4. The number of nitrogen functional groups attached to an aromatic ring is 1. The molecule has 0 aliphatic heterocycles. The Kier molecular flexibility index (Phi) is 9.76. The molecule has 0 bridgehead atoms. The van der Waals surface area contributed by atoms with Gasteiger partial charge in [-0.3, -0.25) is 0 Å². The maximum atomic E-state index is 9.65. The zero-order valence-electron chi connectivity index (χ0n) is 24.2. The number of thiol groups is 1. The Hall–Kier alpha value is -3.50. The van der Waals surface area contributed by atoms with Gasteiger partial charge in [-0.2, -0.15) is 17.9 Å². The highest BCUT2D eigenvalue weighted by molar-refractivity contribution is 7.81. The Bertz CT molecular complexity index is 1460. The smallest absolute Gasteiger partial charge is 0.145 e. The average Bonchev–Trinajstić information content (AvgIpc) is 3.42. The number of aromatic nitrogens is 3. The third kappa shape index (κ3) is 6.79. The van der Waals surface area contributed by atoms with Gasteiger partial charge in [0.05, 0.1) is 5.39 Å². The summed E-state index contributed by atoms with van der Waals surface area (Å²) in [5, 5.41) is 14.2. The molecule has 1 fully saturated rings. The Labute approximate surface area is 244 Å². The van der Waals surface area contributed by atoms with E-state index in [9.17, 15) is 5.26 Å². The van der Waals surface area contributed by atoms with Gasteiger partial charge in [-0.1, -0.05) is 95.5 Å². The van der Waals surface area contributed by atoms with Crippen molar-refractivity contribution < 1.29 is 0 Å². The molecule has 2 aromatic heterocycles. The number of nitriles is 1. The van der Waals surface area contributed by atoms with Crippen molar-refractivity contribution in [1.82, 2.24) is 15.0 Å². The number of hydrogen-bond acceptors (Lipinski definition) is 6. The Morgan fingerprint density at radius 3 is 2.55 bits per heavy atom. The summed E-state index contributed by atoms with van der Waals surface area (Å²) in [7, 11) is 0. The molecule has 0 amide bonds. The van der Waals surface area contributed by atoms with Crippen LogP contribution in [0.2, 0.25) is 0 Å². The van der Waals surface area contributed by atoms with Crippen LogP contribution in [0.4, 0.5) is 11.6 Å². The van der Waals surface area contributed by atoms with Crippen molar-refractivity contribution >= 4 is 35.3 Å². The van der Waals surface area contributed by atoms with Crippen molar-refractivity contribution in [2.75, 3.05) is 11.1 Å². The molecule has 1 unspecified atom stereocenters. The molecule has 7 heteroatoms. The molecular formula is C33H42N6S. The van der Waals surface area contributed by atoms with E-state index >= 15 is 0 Å². The summed E-state index contributed by atoms with van der Waals surface area (Å²) in [6.07, 6.45) is 8.75. The minimum absolute atomic E-state index is 0.303. The van der Waals surface area contributed by atoms with Crippen LogP contribution in [0.5, 0.6) is 0 Å². The fourth-order valence-electron chi connectivity index (χ4n) is 5.27. The van der Waals surface area contributed by atoms with Crippen LogP contribution in [0.3, 0.4) is 0 Å². The van der Waals surface area contributed by atoms with Crippen LogP contribution in [0.15, 0.2) is 54.9 Å². The van der Waals surface area contributed by atoms with E-state index in [0.717, 1.165) is 17.9 Å². The van der Waals surface area contributed by atoms with Crippen molar-refractivity contribution in [1.29, 1.82) is 5.26 Å². The monoisotopic (exact) mass is 554 g/mol. The first kappa shape index (κ1) is 29.5. The van der Waals surface area contributed by atoms with Gasteiger partial charge in [0, 0.05) is 11.8 Å². The molecule has 0 saturated heterocycles. The van der Waals surface area contributed by atoms with E-state index in [1.807, 2.05) is 6.07 Å². The van der Waals surface area contributed by atoms with Gasteiger partial charge in [0.25, 0.3) is 0 Å². The summed E-state index contributed by atoms with van der Waals surface area (Å²) in [4.78, 5) is 11.4. The van der Waals surface area contributed by atoms with Crippen molar-refractivity contribution in [3.63, 3.8) is 0 Å². The second-order valence-corrected chi connectivity index (χ2v) is 12.1. The van der Waals surface area contributed by atoms with Crippen LogP contribution in [0.1, 0.15) is 76.5 Å². The van der Waals surface area contributed by atoms with Crippen molar-refractivity contribution in [2.45, 2.75) is 78.0 Å². The molecule has 1 saturated carbocycles. The van der Waals surface area contributed by atoms with Crippen LogP contribution in [0.25, 0.3) is 22.2 Å². The van der Waals surface area contributed by atoms with Gasteiger partial charge < -0.3 is 16.0 Å². The number of hydrogen-bond donors (Lipinski definition) is 4. The highest BCUT2D eigenvalue weighted by Crippen LogP contribution is 2.55. The van der Waals surface area contributed by atoms with E-state index in [2.05, 4.69) is 109 Å². The zero-order chi connectivity index (χ0) is 28.7. The van der Waals surface area contributed by atoms with Gasteiger partial charge in [-0.15, -0.1) is 0 Å². The lowest BCUT2D eigenvalue weighted by Crippen LogP contribution is -2.09. The molecule has 210 valence electrons. The number of nitrogens with one attached hydrogen (secondary N) is 2.